The smallest absolute Gasteiger partial charge is 0.329 e. The van der Waals surface area contributed by atoms with Crippen molar-refractivity contribution in [2.45, 2.75) is 63.3 Å². The SMILES string of the molecule is O=C(NC1(C(=O)O)CCC1)C1CC1C1CCCCC1. The van der Waals surface area contributed by atoms with Gasteiger partial charge in [-0.2, -0.15) is 0 Å². The lowest BCUT2D eigenvalue weighted by atomic mass is 9.76. The van der Waals surface area contributed by atoms with Crippen LogP contribution in [0.3, 0.4) is 0 Å². The molecule has 2 atom stereocenters. The van der Waals surface area contributed by atoms with E-state index in [4.69, 9.17) is 0 Å². The van der Waals surface area contributed by atoms with Gasteiger partial charge in [0.25, 0.3) is 0 Å². The molecular weight excluding hydrogens is 242 g/mol. The van der Waals surface area contributed by atoms with Crippen LogP contribution in [0.2, 0.25) is 0 Å². The lowest BCUT2D eigenvalue weighted by Gasteiger charge is -2.38. The fourth-order valence-electron chi connectivity index (χ4n) is 3.85. The highest BCUT2D eigenvalue weighted by molar-refractivity contribution is 5.90. The second-order valence-corrected chi connectivity index (χ2v) is 6.63. The van der Waals surface area contributed by atoms with Gasteiger partial charge in [-0.1, -0.05) is 32.1 Å². The molecule has 0 aromatic carbocycles. The van der Waals surface area contributed by atoms with Crippen LogP contribution in [0, 0.1) is 17.8 Å². The van der Waals surface area contributed by atoms with E-state index in [2.05, 4.69) is 5.32 Å². The molecule has 0 aliphatic heterocycles. The van der Waals surface area contributed by atoms with E-state index >= 15 is 0 Å². The fraction of sp³-hybridized carbons (Fsp3) is 0.867. The van der Waals surface area contributed by atoms with E-state index in [-0.39, 0.29) is 11.8 Å². The normalized spacial score (nSPS) is 33.3. The van der Waals surface area contributed by atoms with Gasteiger partial charge in [-0.05, 0) is 37.5 Å². The highest BCUT2D eigenvalue weighted by atomic mass is 16.4. The summed E-state index contributed by atoms with van der Waals surface area (Å²) in [6.07, 6.45) is 9.53. The van der Waals surface area contributed by atoms with Crippen LogP contribution in [-0.4, -0.2) is 22.5 Å². The molecule has 0 aromatic heterocycles. The largest absolute Gasteiger partial charge is 0.480 e. The number of carboxylic acid groups (broad SMARTS) is 1. The van der Waals surface area contributed by atoms with Crippen molar-refractivity contribution in [2.75, 3.05) is 0 Å². The van der Waals surface area contributed by atoms with Gasteiger partial charge in [-0.15, -0.1) is 0 Å². The first-order valence-electron chi connectivity index (χ1n) is 7.68. The zero-order chi connectivity index (χ0) is 13.5. The topological polar surface area (TPSA) is 66.4 Å². The van der Waals surface area contributed by atoms with E-state index < -0.39 is 11.5 Å². The number of aliphatic carboxylic acids is 1. The van der Waals surface area contributed by atoms with Crippen LogP contribution >= 0.6 is 0 Å². The summed E-state index contributed by atoms with van der Waals surface area (Å²) in [7, 11) is 0. The first-order valence-corrected chi connectivity index (χ1v) is 7.68. The number of carbonyl (C=O) groups is 2. The summed E-state index contributed by atoms with van der Waals surface area (Å²) in [4.78, 5) is 23.4. The molecule has 1 amide bonds. The third kappa shape index (κ3) is 2.37. The van der Waals surface area contributed by atoms with Crippen molar-refractivity contribution in [3.8, 4) is 0 Å². The van der Waals surface area contributed by atoms with Gasteiger partial charge in [0.2, 0.25) is 5.91 Å². The third-order valence-electron chi connectivity index (χ3n) is 5.41. The van der Waals surface area contributed by atoms with Gasteiger partial charge in [0.05, 0.1) is 0 Å². The summed E-state index contributed by atoms with van der Waals surface area (Å²) in [6.45, 7) is 0. The zero-order valence-electron chi connectivity index (χ0n) is 11.4. The van der Waals surface area contributed by atoms with Gasteiger partial charge < -0.3 is 10.4 Å². The maximum absolute atomic E-state index is 12.2. The van der Waals surface area contributed by atoms with Gasteiger partial charge in [0.1, 0.15) is 5.54 Å². The number of carboxylic acids is 1. The van der Waals surface area contributed by atoms with Gasteiger partial charge >= 0.3 is 5.97 Å². The van der Waals surface area contributed by atoms with Crippen molar-refractivity contribution in [3.63, 3.8) is 0 Å². The highest BCUT2D eigenvalue weighted by Gasteiger charge is 2.52. The van der Waals surface area contributed by atoms with Gasteiger partial charge in [-0.3, -0.25) is 4.79 Å². The summed E-state index contributed by atoms with van der Waals surface area (Å²) in [5.41, 5.74) is -0.934. The molecule has 0 heterocycles. The molecule has 0 aromatic rings. The van der Waals surface area contributed by atoms with Crippen LogP contribution in [0.5, 0.6) is 0 Å². The molecule has 3 aliphatic carbocycles. The molecule has 19 heavy (non-hydrogen) atoms. The van der Waals surface area contributed by atoms with Crippen molar-refractivity contribution in [1.82, 2.24) is 5.32 Å². The molecule has 0 bridgehead atoms. The van der Waals surface area contributed by atoms with Crippen LogP contribution in [0.1, 0.15) is 57.8 Å². The third-order valence-corrected chi connectivity index (χ3v) is 5.41. The highest BCUT2D eigenvalue weighted by Crippen LogP contribution is 2.50. The molecule has 2 N–H and O–H groups in total. The fourth-order valence-corrected chi connectivity index (χ4v) is 3.85. The Balaban J connectivity index is 1.53. The van der Waals surface area contributed by atoms with E-state index in [1.165, 1.54) is 32.1 Å². The second kappa shape index (κ2) is 4.80. The van der Waals surface area contributed by atoms with Crippen LogP contribution in [-0.2, 0) is 9.59 Å². The van der Waals surface area contributed by atoms with Crippen LogP contribution in [0.25, 0.3) is 0 Å². The van der Waals surface area contributed by atoms with Crippen LogP contribution in [0.4, 0.5) is 0 Å². The minimum absolute atomic E-state index is 0.00215. The summed E-state index contributed by atoms with van der Waals surface area (Å²) >= 11 is 0. The van der Waals surface area contributed by atoms with Crippen molar-refractivity contribution in [2.24, 2.45) is 17.8 Å². The maximum Gasteiger partial charge on any atom is 0.329 e. The molecule has 3 fully saturated rings. The lowest BCUT2D eigenvalue weighted by Crippen LogP contribution is -2.59. The second-order valence-electron chi connectivity index (χ2n) is 6.63. The Morgan fingerprint density at radius 2 is 1.74 bits per heavy atom. The Bertz CT molecular complexity index is 383. The lowest BCUT2D eigenvalue weighted by molar-refractivity contribution is -0.152. The van der Waals surface area contributed by atoms with Crippen molar-refractivity contribution >= 4 is 11.9 Å². The molecule has 3 rings (SSSR count). The van der Waals surface area contributed by atoms with Crippen LogP contribution < -0.4 is 5.32 Å². The first-order chi connectivity index (χ1) is 9.12. The standard InChI is InChI=1S/C15H23NO3/c17-13(16-15(14(18)19)7-4-8-15)12-9-11(12)10-5-2-1-3-6-10/h10-12H,1-9H2,(H,16,17)(H,18,19). The summed E-state index contributed by atoms with van der Waals surface area (Å²) < 4.78 is 0. The first kappa shape index (κ1) is 12.9. The Labute approximate surface area is 113 Å². The molecule has 4 nitrogen and oxygen atoms in total. The number of nitrogens with one attached hydrogen (secondary N) is 1. The molecule has 2 unspecified atom stereocenters. The molecule has 3 saturated carbocycles. The number of rotatable bonds is 4. The monoisotopic (exact) mass is 265 g/mol. The van der Waals surface area contributed by atoms with E-state index in [1.807, 2.05) is 0 Å². The van der Waals surface area contributed by atoms with Crippen molar-refractivity contribution in [3.05, 3.63) is 0 Å². The van der Waals surface area contributed by atoms with Gasteiger partial charge in [0, 0.05) is 5.92 Å². The van der Waals surface area contributed by atoms with E-state index in [0.717, 1.165) is 12.8 Å². The number of hydrogen-bond acceptors (Lipinski definition) is 2. The van der Waals surface area contributed by atoms with Gasteiger partial charge in [-0.25, -0.2) is 4.79 Å². The van der Waals surface area contributed by atoms with Gasteiger partial charge in [0.15, 0.2) is 0 Å². The Kier molecular flexibility index (Phi) is 3.27. The number of amides is 1. The zero-order valence-corrected chi connectivity index (χ0v) is 11.4. The Morgan fingerprint density at radius 3 is 2.26 bits per heavy atom. The molecule has 106 valence electrons. The van der Waals surface area contributed by atoms with Crippen molar-refractivity contribution in [1.29, 1.82) is 0 Å². The number of carbonyl (C=O) groups excluding carboxylic acids is 1. The molecule has 0 saturated heterocycles. The predicted molar refractivity (Wildman–Crippen MR) is 70.5 cm³/mol. The van der Waals surface area contributed by atoms with Crippen LogP contribution in [0.15, 0.2) is 0 Å². The molecule has 0 spiro atoms. The van der Waals surface area contributed by atoms with Crippen molar-refractivity contribution < 1.29 is 14.7 Å². The summed E-state index contributed by atoms with van der Waals surface area (Å²) in [5.74, 6) is 0.484. The Hall–Kier alpha value is -1.06. The van der Waals surface area contributed by atoms with E-state index in [1.54, 1.807) is 0 Å². The predicted octanol–water partition coefficient (Wildman–Crippen LogP) is 2.33. The molecule has 3 aliphatic rings. The summed E-state index contributed by atoms with van der Waals surface area (Å²) in [5, 5.41) is 12.1. The molecule has 4 heteroatoms. The van der Waals surface area contributed by atoms with E-state index in [0.29, 0.717) is 24.7 Å². The summed E-state index contributed by atoms with van der Waals surface area (Å²) in [6, 6.07) is 0. The average molecular weight is 265 g/mol. The molecule has 0 radical (unpaired) electrons. The quantitative estimate of drug-likeness (QED) is 0.819. The minimum Gasteiger partial charge on any atom is -0.480 e. The minimum atomic E-state index is -0.934. The molecular formula is C15H23NO3. The Morgan fingerprint density at radius 1 is 1.05 bits per heavy atom. The maximum atomic E-state index is 12.2. The van der Waals surface area contributed by atoms with E-state index in [9.17, 15) is 14.7 Å². The average Bonchev–Trinajstić information content (AvgIpc) is 3.14. The number of hydrogen-bond donors (Lipinski definition) is 2.